The van der Waals surface area contributed by atoms with Crippen molar-refractivity contribution in [3.8, 4) is 0 Å². The highest BCUT2D eigenvalue weighted by Crippen LogP contribution is 2.32. The fourth-order valence-electron chi connectivity index (χ4n) is 2.98. The first-order chi connectivity index (χ1) is 11.5. The summed E-state index contributed by atoms with van der Waals surface area (Å²) in [5.74, 6) is -0.0714. The monoisotopic (exact) mass is 327 g/mol. The van der Waals surface area contributed by atoms with E-state index in [2.05, 4.69) is 15.4 Å². The van der Waals surface area contributed by atoms with Crippen LogP contribution in [0.25, 0.3) is 0 Å². The Bertz CT molecular complexity index is 738. The third kappa shape index (κ3) is 3.45. The lowest BCUT2D eigenvalue weighted by Gasteiger charge is -2.24. The van der Waals surface area contributed by atoms with Gasteiger partial charge in [0, 0.05) is 39.5 Å². The molecule has 2 aromatic heterocycles. The highest BCUT2D eigenvalue weighted by atomic mass is 16.2. The summed E-state index contributed by atoms with van der Waals surface area (Å²) in [5, 5.41) is 6.82. The summed E-state index contributed by atoms with van der Waals surface area (Å²) < 4.78 is 1.63. The van der Waals surface area contributed by atoms with Crippen LogP contribution in [0.1, 0.15) is 47.4 Å². The topological polar surface area (TPSA) is 80.1 Å². The number of hydrogen-bond acceptors (Lipinski definition) is 4. The van der Waals surface area contributed by atoms with Crippen molar-refractivity contribution in [2.24, 2.45) is 7.05 Å². The molecule has 126 valence electrons. The summed E-state index contributed by atoms with van der Waals surface area (Å²) in [6, 6.07) is 3.88. The molecule has 3 rings (SSSR count). The zero-order valence-corrected chi connectivity index (χ0v) is 13.9. The van der Waals surface area contributed by atoms with Gasteiger partial charge in [-0.3, -0.25) is 19.3 Å². The molecule has 0 aromatic carbocycles. The SMILES string of the molecule is CC(=O)NCc1ccc(C2CCCN2C(=O)c2cnn(C)c2)nc1. The van der Waals surface area contributed by atoms with Crippen LogP contribution in [0.5, 0.6) is 0 Å². The van der Waals surface area contributed by atoms with Crippen molar-refractivity contribution >= 4 is 11.8 Å². The second-order valence-corrected chi connectivity index (χ2v) is 6.06. The standard InChI is InChI=1S/C17H21N5O2/c1-12(23)18-8-13-5-6-15(19-9-13)16-4-3-7-22(16)17(24)14-10-20-21(2)11-14/h5-6,9-11,16H,3-4,7-8H2,1-2H3,(H,18,23). The Morgan fingerprint density at radius 3 is 2.79 bits per heavy atom. The number of carbonyl (C=O) groups excluding carboxylic acids is 2. The summed E-state index contributed by atoms with van der Waals surface area (Å²) in [5.41, 5.74) is 2.43. The number of nitrogens with one attached hydrogen (secondary N) is 1. The molecule has 1 saturated heterocycles. The van der Waals surface area contributed by atoms with Gasteiger partial charge in [0.15, 0.2) is 0 Å². The molecule has 1 N–H and O–H groups in total. The number of amides is 2. The van der Waals surface area contributed by atoms with Gasteiger partial charge in [0.25, 0.3) is 5.91 Å². The van der Waals surface area contributed by atoms with Crippen LogP contribution in [0.3, 0.4) is 0 Å². The van der Waals surface area contributed by atoms with Crippen LogP contribution < -0.4 is 5.32 Å². The Morgan fingerprint density at radius 2 is 2.17 bits per heavy atom. The predicted molar refractivity (Wildman–Crippen MR) is 88.0 cm³/mol. The maximum absolute atomic E-state index is 12.7. The Hall–Kier alpha value is -2.70. The van der Waals surface area contributed by atoms with Gasteiger partial charge in [0.2, 0.25) is 5.91 Å². The molecule has 7 nitrogen and oxygen atoms in total. The molecule has 0 spiro atoms. The molecule has 0 saturated carbocycles. The van der Waals surface area contributed by atoms with E-state index in [1.807, 2.05) is 17.0 Å². The van der Waals surface area contributed by atoms with Gasteiger partial charge in [0.1, 0.15) is 0 Å². The van der Waals surface area contributed by atoms with E-state index in [9.17, 15) is 9.59 Å². The largest absolute Gasteiger partial charge is 0.352 e. The van der Waals surface area contributed by atoms with Gasteiger partial charge < -0.3 is 10.2 Å². The number of aromatic nitrogens is 3. The van der Waals surface area contributed by atoms with Crippen LogP contribution in [0.15, 0.2) is 30.7 Å². The molecule has 1 atom stereocenters. The van der Waals surface area contributed by atoms with Gasteiger partial charge in [-0.1, -0.05) is 6.07 Å². The maximum atomic E-state index is 12.7. The van der Waals surface area contributed by atoms with Crippen LogP contribution >= 0.6 is 0 Å². The second kappa shape index (κ2) is 6.82. The van der Waals surface area contributed by atoms with Crippen molar-refractivity contribution in [3.05, 3.63) is 47.5 Å². The number of pyridine rings is 1. The highest BCUT2D eigenvalue weighted by molar-refractivity contribution is 5.94. The summed E-state index contributed by atoms with van der Waals surface area (Å²) in [6.07, 6.45) is 6.97. The number of hydrogen-bond donors (Lipinski definition) is 1. The number of nitrogens with zero attached hydrogens (tertiary/aromatic N) is 4. The highest BCUT2D eigenvalue weighted by Gasteiger charge is 2.31. The predicted octanol–water partition coefficient (Wildman–Crippen LogP) is 1.43. The van der Waals surface area contributed by atoms with E-state index in [0.29, 0.717) is 12.1 Å². The van der Waals surface area contributed by atoms with E-state index in [-0.39, 0.29) is 17.9 Å². The third-order valence-electron chi connectivity index (χ3n) is 4.20. The number of carbonyl (C=O) groups is 2. The van der Waals surface area contributed by atoms with Crippen LogP contribution in [0.4, 0.5) is 0 Å². The number of rotatable bonds is 4. The number of likely N-dealkylation sites (tertiary alicyclic amines) is 1. The van der Waals surface area contributed by atoms with Gasteiger partial charge >= 0.3 is 0 Å². The van der Waals surface area contributed by atoms with Crippen LogP contribution in [0.2, 0.25) is 0 Å². The lowest BCUT2D eigenvalue weighted by molar-refractivity contribution is -0.119. The Balaban J connectivity index is 1.73. The van der Waals surface area contributed by atoms with Gasteiger partial charge in [0.05, 0.1) is 23.5 Å². The summed E-state index contributed by atoms with van der Waals surface area (Å²) in [4.78, 5) is 30.0. The molecular formula is C17H21N5O2. The van der Waals surface area contributed by atoms with Gasteiger partial charge in [-0.2, -0.15) is 5.10 Å². The van der Waals surface area contributed by atoms with E-state index in [1.165, 1.54) is 6.92 Å². The van der Waals surface area contributed by atoms with E-state index in [1.54, 1.807) is 30.3 Å². The number of aryl methyl sites for hydroxylation is 1. The van der Waals surface area contributed by atoms with Crippen LogP contribution in [-0.2, 0) is 18.4 Å². The van der Waals surface area contributed by atoms with E-state index in [0.717, 1.165) is 30.6 Å². The molecule has 2 amide bonds. The van der Waals surface area contributed by atoms with E-state index < -0.39 is 0 Å². The molecule has 2 aromatic rings. The zero-order valence-electron chi connectivity index (χ0n) is 13.9. The molecule has 0 aliphatic carbocycles. The average molecular weight is 327 g/mol. The zero-order chi connectivity index (χ0) is 17.1. The average Bonchev–Trinajstić information content (AvgIpc) is 3.22. The van der Waals surface area contributed by atoms with Gasteiger partial charge in [-0.05, 0) is 24.5 Å². The fourth-order valence-corrected chi connectivity index (χ4v) is 2.98. The summed E-state index contributed by atoms with van der Waals surface area (Å²) >= 11 is 0. The Labute approximate surface area is 140 Å². The second-order valence-electron chi connectivity index (χ2n) is 6.06. The summed E-state index contributed by atoms with van der Waals surface area (Å²) in [7, 11) is 1.80. The minimum absolute atomic E-state index is 0.00489. The van der Waals surface area contributed by atoms with Crippen LogP contribution in [-0.4, -0.2) is 38.0 Å². The first-order valence-electron chi connectivity index (χ1n) is 8.03. The van der Waals surface area contributed by atoms with Gasteiger partial charge in [-0.15, -0.1) is 0 Å². The molecule has 1 fully saturated rings. The van der Waals surface area contributed by atoms with Crippen molar-refractivity contribution < 1.29 is 9.59 Å². The van der Waals surface area contributed by atoms with Crippen molar-refractivity contribution in [2.45, 2.75) is 32.4 Å². The van der Waals surface area contributed by atoms with Crippen molar-refractivity contribution in [2.75, 3.05) is 6.54 Å². The molecular weight excluding hydrogens is 306 g/mol. The van der Waals surface area contributed by atoms with Gasteiger partial charge in [-0.25, -0.2) is 0 Å². The lowest BCUT2D eigenvalue weighted by atomic mass is 10.1. The van der Waals surface area contributed by atoms with Crippen molar-refractivity contribution in [3.63, 3.8) is 0 Å². The molecule has 3 heterocycles. The third-order valence-corrected chi connectivity index (χ3v) is 4.20. The first kappa shape index (κ1) is 16.2. The quantitative estimate of drug-likeness (QED) is 0.921. The Morgan fingerprint density at radius 1 is 1.33 bits per heavy atom. The molecule has 1 aliphatic rings. The molecule has 7 heteroatoms. The van der Waals surface area contributed by atoms with Crippen molar-refractivity contribution in [1.29, 1.82) is 0 Å². The molecule has 24 heavy (non-hydrogen) atoms. The molecule has 1 aliphatic heterocycles. The fraction of sp³-hybridized carbons (Fsp3) is 0.412. The van der Waals surface area contributed by atoms with Crippen LogP contribution in [0, 0.1) is 0 Å². The molecule has 1 unspecified atom stereocenters. The molecule has 0 radical (unpaired) electrons. The van der Waals surface area contributed by atoms with E-state index >= 15 is 0 Å². The Kier molecular flexibility index (Phi) is 4.59. The smallest absolute Gasteiger partial charge is 0.257 e. The first-order valence-corrected chi connectivity index (χ1v) is 8.03. The minimum atomic E-state index is -0.0666. The lowest BCUT2D eigenvalue weighted by Crippen LogP contribution is -2.30. The molecule has 0 bridgehead atoms. The minimum Gasteiger partial charge on any atom is -0.352 e. The normalized spacial score (nSPS) is 17.1. The summed E-state index contributed by atoms with van der Waals surface area (Å²) in [6.45, 7) is 2.68. The van der Waals surface area contributed by atoms with E-state index in [4.69, 9.17) is 0 Å². The maximum Gasteiger partial charge on any atom is 0.257 e. The van der Waals surface area contributed by atoms with Crippen molar-refractivity contribution in [1.82, 2.24) is 25.0 Å².